The molecule has 1 rings (SSSR count). The number of hydrogen-bond donors (Lipinski definition) is 1. The quantitative estimate of drug-likeness (QED) is 0.799. The number of aliphatic imine (C=N–C) groups is 1. The number of carbonyl (C=O) groups is 1. The van der Waals surface area contributed by atoms with Gasteiger partial charge in [-0.05, 0) is 25.7 Å². The average Bonchev–Trinajstić information content (AvgIpc) is 2.63. The summed E-state index contributed by atoms with van der Waals surface area (Å²) in [4.78, 5) is 15.9. The Balaban J connectivity index is 2.36. The maximum absolute atomic E-state index is 11.5. The molecule has 0 amide bonds. The minimum atomic E-state index is -0.329. The monoisotopic (exact) mass is 272 g/mol. The lowest BCUT2D eigenvalue weighted by molar-refractivity contribution is -0.144. The van der Waals surface area contributed by atoms with Crippen molar-refractivity contribution in [3.63, 3.8) is 0 Å². The van der Waals surface area contributed by atoms with Crippen LogP contribution < -0.4 is 5.32 Å². The van der Waals surface area contributed by atoms with Crippen molar-refractivity contribution in [2.75, 3.05) is 13.2 Å². The van der Waals surface area contributed by atoms with E-state index in [0.29, 0.717) is 17.3 Å². The Morgan fingerprint density at radius 2 is 2.28 bits per heavy atom. The molecule has 0 aromatic rings. The highest BCUT2D eigenvalue weighted by molar-refractivity contribution is 8.14. The van der Waals surface area contributed by atoms with Crippen molar-refractivity contribution in [3.05, 3.63) is 0 Å². The van der Waals surface area contributed by atoms with Gasteiger partial charge in [0.1, 0.15) is 6.04 Å². The van der Waals surface area contributed by atoms with Crippen molar-refractivity contribution in [3.8, 4) is 0 Å². The van der Waals surface area contributed by atoms with Crippen molar-refractivity contribution < 1.29 is 9.53 Å². The summed E-state index contributed by atoms with van der Waals surface area (Å²) in [6.07, 6.45) is 1.13. The summed E-state index contributed by atoms with van der Waals surface area (Å²) in [5.41, 5.74) is 0.315. The van der Waals surface area contributed by atoms with Crippen molar-refractivity contribution in [2.45, 2.75) is 52.3 Å². The van der Waals surface area contributed by atoms with E-state index in [1.807, 2.05) is 6.92 Å². The SMILES string of the molecule is CCOC(=O)C(C)NC1=NCC(CC(C)(C)C)S1. The number of nitrogens with one attached hydrogen (secondary N) is 1. The second kappa shape index (κ2) is 6.45. The van der Waals surface area contributed by atoms with Crippen molar-refractivity contribution in [2.24, 2.45) is 10.4 Å². The molecule has 2 unspecified atom stereocenters. The number of ether oxygens (including phenoxy) is 1. The summed E-state index contributed by atoms with van der Waals surface area (Å²) in [7, 11) is 0. The second-order valence-corrected chi connectivity index (χ2v) is 7.06. The number of amidine groups is 1. The topological polar surface area (TPSA) is 50.7 Å². The summed E-state index contributed by atoms with van der Waals surface area (Å²) >= 11 is 1.73. The lowest BCUT2D eigenvalue weighted by Crippen LogP contribution is -2.38. The molecular formula is C13H24N2O2S. The predicted molar refractivity (Wildman–Crippen MR) is 77.0 cm³/mol. The van der Waals surface area contributed by atoms with E-state index < -0.39 is 0 Å². The van der Waals surface area contributed by atoms with E-state index >= 15 is 0 Å². The molecule has 5 heteroatoms. The van der Waals surface area contributed by atoms with Crippen LogP contribution >= 0.6 is 11.8 Å². The molecule has 0 bridgehead atoms. The first-order valence-electron chi connectivity index (χ1n) is 6.46. The number of thioether (sulfide) groups is 1. The van der Waals surface area contributed by atoms with Crippen LogP contribution in [0.3, 0.4) is 0 Å². The largest absolute Gasteiger partial charge is 0.464 e. The third-order valence-corrected chi connectivity index (χ3v) is 3.66. The molecule has 0 aromatic carbocycles. The summed E-state index contributed by atoms with van der Waals surface area (Å²) in [5, 5.41) is 4.50. The minimum absolute atomic E-state index is 0.222. The molecular weight excluding hydrogens is 248 g/mol. The van der Waals surface area contributed by atoms with E-state index in [-0.39, 0.29) is 12.0 Å². The molecule has 18 heavy (non-hydrogen) atoms. The Labute approximate surface area is 114 Å². The predicted octanol–water partition coefficient (Wildman–Crippen LogP) is 2.44. The maximum atomic E-state index is 11.5. The molecule has 1 N–H and O–H groups in total. The average molecular weight is 272 g/mol. The molecule has 1 heterocycles. The van der Waals surface area contributed by atoms with Gasteiger partial charge in [0.25, 0.3) is 0 Å². The molecule has 0 spiro atoms. The van der Waals surface area contributed by atoms with Crippen LogP contribution in [0.5, 0.6) is 0 Å². The van der Waals surface area contributed by atoms with Gasteiger partial charge in [-0.25, -0.2) is 4.79 Å². The van der Waals surface area contributed by atoms with Gasteiger partial charge in [-0.3, -0.25) is 4.99 Å². The Hall–Kier alpha value is -0.710. The van der Waals surface area contributed by atoms with Crippen molar-refractivity contribution in [1.29, 1.82) is 0 Å². The third kappa shape index (κ3) is 5.29. The standard InChI is InChI=1S/C13H24N2O2S/c1-6-17-11(16)9(2)15-12-14-8-10(18-12)7-13(3,4)5/h9-10H,6-8H2,1-5H3,(H,14,15). The summed E-state index contributed by atoms with van der Waals surface area (Å²) in [5.74, 6) is -0.222. The van der Waals surface area contributed by atoms with Gasteiger partial charge in [0.05, 0.1) is 13.2 Å². The number of carbonyl (C=O) groups excluding carboxylic acids is 1. The first-order chi connectivity index (χ1) is 8.31. The summed E-state index contributed by atoms with van der Waals surface area (Å²) in [6.45, 7) is 11.6. The van der Waals surface area contributed by atoms with E-state index in [0.717, 1.165) is 18.1 Å². The van der Waals surface area contributed by atoms with E-state index in [9.17, 15) is 4.79 Å². The van der Waals surface area contributed by atoms with Crippen LogP contribution in [0.1, 0.15) is 41.0 Å². The van der Waals surface area contributed by atoms with Gasteiger partial charge in [-0.1, -0.05) is 32.5 Å². The zero-order valence-electron chi connectivity index (χ0n) is 11.9. The maximum Gasteiger partial charge on any atom is 0.328 e. The van der Waals surface area contributed by atoms with E-state index in [1.54, 1.807) is 18.7 Å². The molecule has 0 aliphatic carbocycles. The van der Waals surface area contributed by atoms with Gasteiger partial charge >= 0.3 is 5.97 Å². The zero-order valence-corrected chi connectivity index (χ0v) is 12.8. The highest BCUT2D eigenvalue weighted by Crippen LogP contribution is 2.31. The number of rotatable bonds is 4. The number of esters is 1. The Kier molecular flexibility index (Phi) is 5.50. The van der Waals surface area contributed by atoms with Crippen LogP contribution in [0, 0.1) is 5.41 Å². The molecule has 0 saturated heterocycles. The van der Waals surface area contributed by atoms with Gasteiger partial charge < -0.3 is 10.1 Å². The van der Waals surface area contributed by atoms with Crippen molar-refractivity contribution >= 4 is 22.9 Å². The normalized spacial score (nSPS) is 21.4. The molecule has 1 aliphatic rings. The summed E-state index contributed by atoms with van der Waals surface area (Å²) in [6, 6.07) is -0.329. The molecule has 0 fully saturated rings. The van der Waals surface area contributed by atoms with Crippen LogP contribution in [0.15, 0.2) is 4.99 Å². The van der Waals surface area contributed by atoms with Gasteiger partial charge in [-0.2, -0.15) is 0 Å². The van der Waals surface area contributed by atoms with Gasteiger partial charge in [-0.15, -0.1) is 0 Å². The molecule has 2 atom stereocenters. The second-order valence-electron chi connectivity index (χ2n) is 5.77. The highest BCUT2D eigenvalue weighted by atomic mass is 32.2. The summed E-state index contributed by atoms with van der Waals surface area (Å²) < 4.78 is 4.96. The minimum Gasteiger partial charge on any atom is -0.464 e. The molecule has 0 radical (unpaired) electrons. The van der Waals surface area contributed by atoms with Gasteiger partial charge in [0, 0.05) is 5.25 Å². The first-order valence-corrected chi connectivity index (χ1v) is 7.34. The first kappa shape index (κ1) is 15.3. The lowest BCUT2D eigenvalue weighted by Gasteiger charge is -2.21. The Morgan fingerprint density at radius 1 is 1.61 bits per heavy atom. The smallest absolute Gasteiger partial charge is 0.328 e. The molecule has 1 aliphatic heterocycles. The van der Waals surface area contributed by atoms with Crippen LogP contribution in [0.4, 0.5) is 0 Å². The molecule has 104 valence electrons. The fourth-order valence-corrected chi connectivity index (χ4v) is 3.24. The van der Waals surface area contributed by atoms with Crippen LogP contribution in [0.2, 0.25) is 0 Å². The Bertz CT molecular complexity index is 323. The fourth-order valence-electron chi connectivity index (χ4n) is 1.80. The van der Waals surface area contributed by atoms with E-state index in [2.05, 4.69) is 31.1 Å². The zero-order chi connectivity index (χ0) is 13.8. The third-order valence-electron chi connectivity index (χ3n) is 2.54. The van der Waals surface area contributed by atoms with E-state index in [1.165, 1.54) is 0 Å². The van der Waals surface area contributed by atoms with Gasteiger partial charge in [0.15, 0.2) is 5.17 Å². The van der Waals surface area contributed by atoms with Crippen LogP contribution in [0.25, 0.3) is 0 Å². The lowest BCUT2D eigenvalue weighted by atomic mass is 9.90. The number of nitrogens with zero attached hydrogens (tertiary/aromatic N) is 1. The fraction of sp³-hybridized carbons (Fsp3) is 0.846. The van der Waals surface area contributed by atoms with Gasteiger partial charge in [0.2, 0.25) is 0 Å². The number of hydrogen-bond acceptors (Lipinski definition) is 5. The van der Waals surface area contributed by atoms with E-state index in [4.69, 9.17) is 4.74 Å². The van der Waals surface area contributed by atoms with Crippen LogP contribution in [-0.4, -0.2) is 35.6 Å². The molecule has 0 saturated carbocycles. The molecule has 4 nitrogen and oxygen atoms in total. The Morgan fingerprint density at radius 3 is 2.83 bits per heavy atom. The molecule has 0 aromatic heterocycles. The van der Waals surface area contributed by atoms with Crippen LogP contribution in [-0.2, 0) is 9.53 Å². The highest BCUT2D eigenvalue weighted by Gasteiger charge is 2.26. The van der Waals surface area contributed by atoms with Crippen molar-refractivity contribution in [1.82, 2.24) is 5.32 Å².